The monoisotopic (exact) mass is 284 g/mol. The third-order valence-electron chi connectivity index (χ3n) is 3.83. The molecule has 1 fully saturated rings. The second-order valence-corrected chi connectivity index (χ2v) is 5.53. The molecule has 1 N–H and O–H groups in total. The lowest BCUT2D eigenvalue weighted by Gasteiger charge is -2.34. The number of para-hydroxylation sites is 1. The number of rotatable bonds is 3. The second kappa shape index (κ2) is 5.69. The Labute approximate surface area is 124 Å². The van der Waals surface area contributed by atoms with E-state index in [0.717, 1.165) is 43.0 Å². The van der Waals surface area contributed by atoms with E-state index in [-0.39, 0.29) is 5.78 Å². The van der Waals surface area contributed by atoms with E-state index in [1.54, 1.807) is 6.08 Å². The second-order valence-electron chi connectivity index (χ2n) is 5.53. The molecular formula is C16H20N4O. The number of carbonyl (C=O) groups excluding carboxylic acids is 1. The van der Waals surface area contributed by atoms with Crippen LogP contribution >= 0.6 is 0 Å². The van der Waals surface area contributed by atoms with E-state index in [0.29, 0.717) is 0 Å². The van der Waals surface area contributed by atoms with E-state index < -0.39 is 0 Å². The van der Waals surface area contributed by atoms with E-state index >= 15 is 0 Å². The summed E-state index contributed by atoms with van der Waals surface area (Å²) in [5.74, 6) is 0.747. The van der Waals surface area contributed by atoms with Crippen LogP contribution in [0.5, 0.6) is 0 Å². The smallest absolute Gasteiger partial charge is 0.152 e. The third kappa shape index (κ3) is 2.97. The van der Waals surface area contributed by atoms with Gasteiger partial charge in [0.15, 0.2) is 5.78 Å². The number of fused-ring (bicyclic) bond motifs is 1. The third-order valence-corrected chi connectivity index (χ3v) is 3.83. The summed E-state index contributed by atoms with van der Waals surface area (Å²) < 4.78 is 0. The molecule has 2 aromatic rings. The van der Waals surface area contributed by atoms with Crippen molar-refractivity contribution in [3.63, 3.8) is 0 Å². The molecule has 3 rings (SSSR count). The maximum atomic E-state index is 11.0. The first-order valence-electron chi connectivity index (χ1n) is 7.24. The van der Waals surface area contributed by atoms with Crippen molar-refractivity contribution in [2.75, 3.05) is 38.1 Å². The van der Waals surface area contributed by atoms with Gasteiger partial charge in [0.05, 0.1) is 11.2 Å². The Morgan fingerprint density at radius 1 is 1.29 bits per heavy atom. The number of aromatic nitrogens is 2. The molecule has 1 aromatic heterocycles. The number of imidazole rings is 1. The van der Waals surface area contributed by atoms with Gasteiger partial charge in [-0.2, -0.15) is 0 Å². The molecule has 5 heteroatoms. The van der Waals surface area contributed by atoms with E-state index in [1.807, 2.05) is 12.1 Å². The Morgan fingerprint density at radius 2 is 2.05 bits per heavy atom. The van der Waals surface area contributed by atoms with Crippen molar-refractivity contribution in [1.82, 2.24) is 14.9 Å². The zero-order chi connectivity index (χ0) is 14.8. The molecule has 1 aromatic carbocycles. The molecule has 21 heavy (non-hydrogen) atoms. The van der Waals surface area contributed by atoms with Crippen LogP contribution in [-0.4, -0.2) is 53.9 Å². The highest BCUT2D eigenvalue weighted by atomic mass is 16.1. The topological polar surface area (TPSA) is 52.2 Å². The Hall–Kier alpha value is -2.14. The average molecular weight is 284 g/mol. The average Bonchev–Trinajstić information content (AvgIpc) is 2.89. The minimum atomic E-state index is 0.0229. The van der Waals surface area contributed by atoms with Gasteiger partial charge in [-0.25, -0.2) is 4.98 Å². The SMILES string of the molecule is CC(=O)/C=C/c1nc2c(N3CCN(C)CC3)cccc2[nH]1. The van der Waals surface area contributed by atoms with Gasteiger partial charge >= 0.3 is 0 Å². The maximum Gasteiger partial charge on any atom is 0.152 e. The Bertz CT molecular complexity index is 681. The first kappa shape index (κ1) is 13.8. The summed E-state index contributed by atoms with van der Waals surface area (Å²) >= 11 is 0. The molecule has 1 aliphatic heterocycles. The van der Waals surface area contributed by atoms with Crippen LogP contribution in [0.2, 0.25) is 0 Å². The molecule has 0 saturated carbocycles. The Kier molecular flexibility index (Phi) is 3.75. The molecule has 0 amide bonds. The molecule has 110 valence electrons. The molecular weight excluding hydrogens is 264 g/mol. The lowest BCUT2D eigenvalue weighted by atomic mass is 10.2. The minimum Gasteiger partial charge on any atom is -0.367 e. The number of aromatic amines is 1. The van der Waals surface area contributed by atoms with Crippen molar-refractivity contribution in [3.05, 3.63) is 30.1 Å². The molecule has 0 spiro atoms. The van der Waals surface area contributed by atoms with Gasteiger partial charge in [-0.1, -0.05) is 6.07 Å². The summed E-state index contributed by atoms with van der Waals surface area (Å²) in [6.45, 7) is 5.70. The highest BCUT2D eigenvalue weighted by Crippen LogP contribution is 2.26. The van der Waals surface area contributed by atoms with Gasteiger partial charge in [-0.05, 0) is 38.3 Å². The maximum absolute atomic E-state index is 11.0. The summed E-state index contributed by atoms with van der Waals surface area (Å²) in [4.78, 5) is 23.6. The van der Waals surface area contributed by atoms with Gasteiger partial charge in [-0.3, -0.25) is 4.79 Å². The summed E-state index contributed by atoms with van der Waals surface area (Å²) in [6, 6.07) is 6.19. The zero-order valence-corrected chi connectivity index (χ0v) is 12.5. The molecule has 1 aliphatic rings. The number of nitrogens with one attached hydrogen (secondary N) is 1. The van der Waals surface area contributed by atoms with Crippen LogP contribution < -0.4 is 4.90 Å². The van der Waals surface area contributed by atoms with Gasteiger partial charge in [0.2, 0.25) is 0 Å². The van der Waals surface area contributed by atoms with E-state index in [2.05, 4.69) is 32.9 Å². The van der Waals surface area contributed by atoms with Gasteiger partial charge in [0, 0.05) is 26.2 Å². The van der Waals surface area contributed by atoms with Gasteiger partial charge in [0.25, 0.3) is 0 Å². The minimum absolute atomic E-state index is 0.0229. The van der Waals surface area contributed by atoms with Gasteiger partial charge in [-0.15, -0.1) is 0 Å². The molecule has 0 aliphatic carbocycles. The normalized spacial score (nSPS) is 17.0. The summed E-state index contributed by atoms with van der Waals surface area (Å²) in [7, 11) is 2.15. The van der Waals surface area contributed by atoms with Crippen LogP contribution in [0.4, 0.5) is 5.69 Å². The summed E-state index contributed by atoms with van der Waals surface area (Å²) in [5.41, 5.74) is 3.15. The zero-order valence-electron chi connectivity index (χ0n) is 12.5. The van der Waals surface area contributed by atoms with E-state index in [1.165, 1.54) is 18.7 Å². The largest absolute Gasteiger partial charge is 0.367 e. The van der Waals surface area contributed by atoms with E-state index in [4.69, 9.17) is 0 Å². The van der Waals surface area contributed by atoms with Crippen molar-refractivity contribution in [1.29, 1.82) is 0 Å². The lowest BCUT2D eigenvalue weighted by Crippen LogP contribution is -2.44. The highest BCUT2D eigenvalue weighted by molar-refractivity contribution is 5.93. The van der Waals surface area contributed by atoms with Crippen LogP contribution in [0.3, 0.4) is 0 Å². The van der Waals surface area contributed by atoms with Gasteiger partial charge in [0.1, 0.15) is 11.3 Å². The number of hydrogen-bond acceptors (Lipinski definition) is 4. The number of allylic oxidation sites excluding steroid dienone is 1. The quantitative estimate of drug-likeness (QED) is 0.875. The predicted octanol–water partition coefficient (Wildman–Crippen LogP) is 1.92. The number of carbonyl (C=O) groups is 1. The number of benzene rings is 1. The fraction of sp³-hybridized carbons (Fsp3) is 0.375. The summed E-state index contributed by atoms with van der Waals surface area (Å²) in [6.07, 6.45) is 3.27. The highest BCUT2D eigenvalue weighted by Gasteiger charge is 2.17. The first-order chi connectivity index (χ1) is 10.1. The van der Waals surface area contributed by atoms with Crippen molar-refractivity contribution in [2.24, 2.45) is 0 Å². The van der Waals surface area contributed by atoms with Crippen LogP contribution in [0.1, 0.15) is 12.7 Å². The van der Waals surface area contributed by atoms with Crippen LogP contribution in [0.25, 0.3) is 17.1 Å². The number of anilines is 1. The number of piperazine rings is 1. The Morgan fingerprint density at radius 3 is 2.76 bits per heavy atom. The van der Waals surface area contributed by atoms with E-state index in [9.17, 15) is 4.79 Å². The Balaban J connectivity index is 1.94. The molecule has 2 heterocycles. The molecule has 1 saturated heterocycles. The van der Waals surface area contributed by atoms with Crippen molar-refractivity contribution in [3.8, 4) is 0 Å². The molecule has 0 unspecified atom stereocenters. The molecule has 0 radical (unpaired) electrons. The molecule has 0 atom stereocenters. The number of hydrogen-bond donors (Lipinski definition) is 1. The fourth-order valence-corrected chi connectivity index (χ4v) is 2.61. The van der Waals surface area contributed by atoms with Crippen molar-refractivity contribution in [2.45, 2.75) is 6.92 Å². The van der Waals surface area contributed by atoms with Crippen molar-refractivity contribution < 1.29 is 4.79 Å². The predicted molar refractivity (Wildman–Crippen MR) is 85.5 cm³/mol. The lowest BCUT2D eigenvalue weighted by molar-refractivity contribution is -0.112. The number of likely N-dealkylation sites (N-methyl/N-ethyl adjacent to an activating group) is 1. The van der Waals surface area contributed by atoms with Crippen LogP contribution in [-0.2, 0) is 4.79 Å². The van der Waals surface area contributed by atoms with Crippen molar-refractivity contribution >= 4 is 28.6 Å². The van der Waals surface area contributed by atoms with Gasteiger partial charge < -0.3 is 14.8 Å². The van der Waals surface area contributed by atoms with Crippen LogP contribution in [0, 0.1) is 0 Å². The molecule has 5 nitrogen and oxygen atoms in total. The number of nitrogens with zero attached hydrogens (tertiary/aromatic N) is 3. The fourth-order valence-electron chi connectivity index (χ4n) is 2.61. The molecule has 0 bridgehead atoms. The standard InChI is InChI=1S/C16H20N4O/c1-12(21)6-7-15-17-13-4-3-5-14(16(13)18-15)20-10-8-19(2)9-11-20/h3-7H,8-11H2,1-2H3,(H,17,18)/b7-6+. The summed E-state index contributed by atoms with van der Waals surface area (Å²) in [5, 5.41) is 0. The number of H-pyrrole nitrogens is 1. The number of ketones is 1. The first-order valence-corrected chi connectivity index (χ1v) is 7.24. The van der Waals surface area contributed by atoms with Crippen LogP contribution in [0.15, 0.2) is 24.3 Å².